The van der Waals surface area contributed by atoms with E-state index in [0.29, 0.717) is 0 Å². The molecule has 0 N–H and O–H groups in total. The quantitative estimate of drug-likeness (QED) is 0.237. The highest BCUT2D eigenvalue weighted by Crippen LogP contribution is 2.37. The molecule has 0 unspecified atom stereocenters. The van der Waals surface area contributed by atoms with E-state index >= 15 is 0 Å². The molecule has 0 amide bonds. The number of benzene rings is 3. The topological polar surface area (TPSA) is 0 Å². The zero-order chi connectivity index (χ0) is 26.2. The first-order valence-corrected chi connectivity index (χ1v) is 13.2. The minimum Gasteiger partial charge on any atom is -0.0991 e. The molecule has 0 saturated heterocycles. The molecule has 0 spiro atoms. The Labute approximate surface area is 226 Å². The van der Waals surface area contributed by atoms with Gasteiger partial charge in [-0.3, -0.25) is 0 Å². The van der Waals surface area contributed by atoms with Crippen LogP contribution in [0.3, 0.4) is 0 Å². The molecule has 0 heterocycles. The van der Waals surface area contributed by atoms with Gasteiger partial charge in [-0.25, -0.2) is 0 Å². The predicted octanol–water partition coefficient (Wildman–Crippen LogP) is 10.8. The Morgan fingerprint density at radius 1 is 0.658 bits per heavy atom. The maximum absolute atomic E-state index is 4.45. The van der Waals surface area contributed by atoms with E-state index in [1.165, 1.54) is 44.2 Å². The van der Waals surface area contributed by atoms with E-state index in [0.717, 1.165) is 24.0 Å². The molecule has 38 heavy (non-hydrogen) atoms. The summed E-state index contributed by atoms with van der Waals surface area (Å²) in [6, 6.07) is 39.0. The Kier molecular flexibility index (Phi) is 7.92. The summed E-state index contributed by atoms with van der Waals surface area (Å²) in [5.41, 5.74) is 9.49. The van der Waals surface area contributed by atoms with E-state index in [1.807, 2.05) is 12.2 Å². The molecule has 5 rings (SSSR count). The zero-order valence-corrected chi connectivity index (χ0v) is 21.7. The van der Waals surface area contributed by atoms with Crippen LogP contribution >= 0.6 is 0 Å². The molecule has 0 heteroatoms. The monoisotopic (exact) mass is 488 g/mol. The van der Waals surface area contributed by atoms with Gasteiger partial charge in [0.25, 0.3) is 0 Å². The molecule has 0 aliphatic heterocycles. The molecular formula is C38H32. The Morgan fingerprint density at radius 3 is 2.05 bits per heavy atom. The van der Waals surface area contributed by atoms with Crippen molar-refractivity contribution in [1.82, 2.24) is 0 Å². The third-order valence-electron chi connectivity index (χ3n) is 6.92. The van der Waals surface area contributed by atoms with Gasteiger partial charge < -0.3 is 0 Å². The van der Waals surface area contributed by atoms with Gasteiger partial charge in [0.05, 0.1) is 0 Å². The summed E-state index contributed by atoms with van der Waals surface area (Å²) in [4.78, 5) is 0. The van der Waals surface area contributed by atoms with Gasteiger partial charge in [-0.1, -0.05) is 153 Å². The average molecular weight is 489 g/mol. The Morgan fingerprint density at radius 2 is 1.32 bits per heavy atom. The number of hydrogen-bond acceptors (Lipinski definition) is 0. The Bertz CT molecular complexity index is 1630. The maximum Gasteiger partial charge on any atom is -0.00933 e. The fourth-order valence-corrected chi connectivity index (χ4v) is 5.05. The Balaban J connectivity index is 1.85. The third kappa shape index (κ3) is 5.51. The first kappa shape index (κ1) is 25.0. The summed E-state index contributed by atoms with van der Waals surface area (Å²) in [6.45, 7) is 8.30. The second-order valence-corrected chi connectivity index (χ2v) is 9.38. The molecule has 184 valence electrons. The molecule has 0 radical (unpaired) electrons. The third-order valence-corrected chi connectivity index (χ3v) is 6.92. The van der Waals surface area contributed by atoms with Crippen molar-refractivity contribution >= 4 is 21.9 Å². The average Bonchev–Trinajstić information content (AvgIpc) is 2.98. The lowest BCUT2D eigenvalue weighted by molar-refractivity contribution is 1.06. The predicted molar refractivity (Wildman–Crippen MR) is 167 cm³/mol. The van der Waals surface area contributed by atoms with E-state index in [-0.39, 0.29) is 0 Å². The van der Waals surface area contributed by atoms with E-state index in [2.05, 4.69) is 141 Å². The number of fused-ring (bicyclic) bond motifs is 1. The van der Waals surface area contributed by atoms with Crippen LogP contribution in [0.25, 0.3) is 44.2 Å². The van der Waals surface area contributed by atoms with Crippen molar-refractivity contribution in [1.29, 1.82) is 0 Å². The first-order chi connectivity index (χ1) is 18.8. The van der Waals surface area contributed by atoms with Gasteiger partial charge in [0.1, 0.15) is 0 Å². The minimum absolute atomic E-state index is 0.950. The van der Waals surface area contributed by atoms with Crippen LogP contribution in [0.2, 0.25) is 0 Å². The Hall–Kier alpha value is -4.68. The lowest BCUT2D eigenvalue weighted by atomic mass is 9.89. The molecule has 4 aromatic carbocycles. The fourth-order valence-electron chi connectivity index (χ4n) is 5.05. The molecule has 0 atom stereocenters. The van der Waals surface area contributed by atoms with E-state index < -0.39 is 0 Å². The van der Waals surface area contributed by atoms with Crippen molar-refractivity contribution in [2.24, 2.45) is 0 Å². The van der Waals surface area contributed by atoms with Crippen molar-refractivity contribution < 1.29 is 0 Å². The van der Waals surface area contributed by atoms with Crippen molar-refractivity contribution in [3.63, 3.8) is 0 Å². The first-order valence-electron chi connectivity index (χ1n) is 13.2. The van der Waals surface area contributed by atoms with Gasteiger partial charge in [0.15, 0.2) is 0 Å². The van der Waals surface area contributed by atoms with Crippen LogP contribution in [-0.2, 0) is 0 Å². The molecule has 4 aromatic rings. The summed E-state index contributed by atoms with van der Waals surface area (Å²) < 4.78 is 0. The maximum atomic E-state index is 4.45. The van der Waals surface area contributed by atoms with Crippen molar-refractivity contribution in [3.05, 3.63) is 170 Å². The second kappa shape index (κ2) is 12.0. The van der Waals surface area contributed by atoms with Crippen molar-refractivity contribution in [2.45, 2.75) is 12.8 Å². The highest BCUT2D eigenvalue weighted by Gasteiger charge is 2.12. The summed E-state index contributed by atoms with van der Waals surface area (Å²) in [5.74, 6) is 0. The van der Waals surface area contributed by atoms with Crippen molar-refractivity contribution in [3.8, 4) is 22.3 Å². The van der Waals surface area contributed by atoms with Gasteiger partial charge in [-0.05, 0) is 74.2 Å². The second-order valence-electron chi connectivity index (χ2n) is 9.38. The zero-order valence-electron chi connectivity index (χ0n) is 21.7. The van der Waals surface area contributed by atoms with Gasteiger partial charge in [-0.15, -0.1) is 0 Å². The van der Waals surface area contributed by atoms with Crippen LogP contribution < -0.4 is 0 Å². The molecular weight excluding hydrogens is 456 g/mol. The molecule has 0 nitrogen and oxygen atoms in total. The normalized spacial score (nSPS) is 12.7. The fraction of sp³-hybridized carbons (Fsp3) is 0.0526. The van der Waals surface area contributed by atoms with Gasteiger partial charge in [0.2, 0.25) is 0 Å². The van der Waals surface area contributed by atoms with E-state index in [4.69, 9.17) is 0 Å². The van der Waals surface area contributed by atoms with Gasteiger partial charge >= 0.3 is 0 Å². The lowest BCUT2D eigenvalue weighted by Crippen LogP contribution is -1.91. The molecule has 0 saturated carbocycles. The summed E-state index contributed by atoms with van der Waals surface area (Å²) in [7, 11) is 0. The minimum atomic E-state index is 0.950. The highest BCUT2D eigenvalue weighted by atomic mass is 14.2. The molecule has 0 fully saturated rings. The summed E-state index contributed by atoms with van der Waals surface area (Å²) in [5, 5.41) is 2.39. The standard InChI is InChI=1S/C38H32/c1-3-4-17-29(2)33-22-13-5-6-14-23-35(31-20-11-8-12-21-31)37-27-26-32(28-38(33)37)36-25-16-15-24-34(36)30-18-9-7-10-19-30/h3-11,13-20,22-28H,1-2,12,21H2/b6-5?,13-5?,14-6?,17-4-,22-13?,23-14?,33-22?,35-23?,37-35?,38-33?. The highest BCUT2D eigenvalue weighted by molar-refractivity contribution is 6.02. The summed E-state index contributed by atoms with van der Waals surface area (Å²) in [6.07, 6.45) is 14.5. The van der Waals surface area contributed by atoms with Crippen LogP contribution in [-0.4, -0.2) is 0 Å². The molecule has 0 aromatic heterocycles. The van der Waals surface area contributed by atoms with Gasteiger partial charge in [0, 0.05) is 0 Å². The smallest absolute Gasteiger partial charge is 0.00933 e. The SMILES string of the molecule is C=C/C=C\C(=C)c1ccccccc(C2=CC=CCC2)c2ccc(-c3ccccc3-c3ccccc3)cc12. The largest absolute Gasteiger partial charge is 0.0991 e. The molecule has 1 aliphatic rings. The lowest BCUT2D eigenvalue weighted by Gasteiger charge is -2.15. The van der Waals surface area contributed by atoms with Crippen LogP contribution in [0, 0.1) is 0 Å². The van der Waals surface area contributed by atoms with Crippen molar-refractivity contribution in [2.75, 3.05) is 0 Å². The van der Waals surface area contributed by atoms with E-state index in [1.54, 1.807) is 6.08 Å². The van der Waals surface area contributed by atoms with Crippen LogP contribution in [0.1, 0.15) is 24.0 Å². The van der Waals surface area contributed by atoms with Crippen LogP contribution in [0.4, 0.5) is 0 Å². The summed E-state index contributed by atoms with van der Waals surface area (Å²) >= 11 is 0. The molecule has 0 bridgehead atoms. The number of hydrogen-bond donors (Lipinski definition) is 0. The molecule has 1 aliphatic carbocycles. The van der Waals surface area contributed by atoms with Crippen LogP contribution in [0.15, 0.2) is 159 Å². The van der Waals surface area contributed by atoms with E-state index in [9.17, 15) is 0 Å². The number of allylic oxidation sites excluding steroid dienone is 8. The number of rotatable bonds is 6. The van der Waals surface area contributed by atoms with Crippen LogP contribution in [0.5, 0.6) is 0 Å². The van der Waals surface area contributed by atoms with Gasteiger partial charge in [-0.2, -0.15) is 0 Å².